The molecule has 1 fully saturated rings. The molecule has 0 spiro atoms. The first-order chi connectivity index (χ1) is 13.6. The molecule has 4 nitrogen and oxygen atoms in total. The van der Waals surface area contributed by atoms with Crippen LogP contribution in [-0.4, -0.2) is 27.4 Å². The lowest BCUT2D eigenvalue weighted by Gasteiger charge is -2.15. The van der Waals surface area contributed by atoms with Crippen molar-refractivity contribution in [1.82, 2.24) is 4.90 Å². The SMILES string of the molecule is CCCCC1SC(=NN=Cc2ccc(C)cc2C)N(Cc2ccccc2)C1=O. The van der Waals surface area contributed by atoms with Crippen molar-refractivity contribution in [2.45, 2.75) is 51.8 Å². The maximum absolute atomic E-state index is 12.9. The van der Waals surface area contributed by atoms with E-state index in [1.54, 1.807) is 22.9 Å². The Morgan fingerprint density at radius 3 is 2.64 bits per heavy atom. The molecule has 0 bridgehead atoms. The number of carbonyl (C=O) groups excluding carboxylic acids is 1. The Bertz CT molecular complexity index is 877. The molecule has 0 saturated carbocycles. The molecular weight excluding hydrogens is 366 g/mol. The first-order valence-electron chi connectivity index (χ1n) is 9.78. The number of thioether (sulfide) groups is 1. The van der Waals surface area contributed by atoms with Crippen LogP contribution in [0.25, 0.3) is 0 Å². The largest absolute Gasteiger partial charge is 0.284 e. The number of hydrogen-bond donors (Lipinski definition) is 0. The van der Waals surface area contributed by atoms with E-state index in [4.69, 9.17) is 0 Å². The van der Waals surface area contributed by atoms with Crippen LogP contribution >= 0.6 is 11.8 Å². The Balaban J connectivity index is 1.80. The summed E-state index contributed by atoms with van der Waals surface area (Å²) in [5, 5.41) is 9.36. The number of aryl methyl sites for hydroxylation is 2. The van der Waals surface area contributed by atoms with Gasteiger partial charge in [-0.25, -0.2) is 0 Å². The van der Waals surface area contributed by atoms with Gasteiger partial charge >= 0.3 is 0 Å². The maximum Gasteiger partial charge on any atom is 0.242 e. The lowest BCUT2D eigenvalue weighted by Crippen LogP contribution is -2.31. The van der Waals surface area contributed by atoms with Gasteiger partial charge in [0, 0.05) is 0 Å². The molecule has 3 rings (SSSR count). The fourth-order valence-electron chi connectivity index (χ4n) is 3.18. The minimum atomic E-state index is -0.0567. The van der Waals surface area contributed by atoms with Crippen molar-refractivity contribution in [3.63, 3.8) is 0 Å². The van der Waals surface area contributed by atoms with Crippen molar-refractivity contribution in [3.8, 4) is 0 Å². The Morgan fingerprint density at radius 1 is 1.14 bits per heavy atom. The summed E-state index contributed by atoms with van der Waals surface area (Å²) >= 11 is 1.54. The zero-order chi connectivity index (χ0) is 19.9. The molecule has 1 saturated heterocycles. The van der Waals surface area contributed by atoms with E-state index in [2.05, 4.69) is 43.1 Å². The van der Waals surface area contributed by atoms with Crippen molar-refractivity contribution in [3.05, 3.63) is 70.8 Å². The van der Waals surface area contributed by atoms with E-state index in [9.17, 15) is 4.79 Å². The van der Waals surface area contributed by atoms with Gasteiger partial charge in [-0.05, 0) is 37.0 Å². The minimum Gasteiger partial charge on any atom is -0.284 e. The molecule has 0 aromatic heterocycles. The molecule has 0 radical (unpaired) electrons. The van der Waals surface area contributed by atoms with Crippen LogP contribution in [-0.2, 0) is 11.3 Å². The number of nitrogens with zero attached hydrogens (tertiary/aromatic N) is 3. The summed E-state index contributed by atoms with van der Waals surface area (Å²) in [7, 11) is 0. The van der Waals surface area contributed by atoms with E-state index in [-0.39, 0.29) is 11.2 Å². The Hall–Kier alpha value is -2.40. The van der Waals surface area contributed by atoms with Crippen LogP contribution in [0.3, 0.4) is 0 Å². The van der Waals surface area contributed by atoms with Crippen molar-refractivity contribution < 1.29 is 4.79 Å². The van der Waals surface area contributed by atoms with Gasteiger partial charge in [-0.2, -0.15) is 5.10 Å². The highest BCUT2D eigenvalue weighted by Gasteiger charge is 2.37. The topological polar surface area (TPSA) is 45.0 Å². The average molecular weight is 394 g/mol. The highest BCUT2D eigenvalue weighted by Crippen LogP contribution is 2.32. The third-order valence-electron chi connectivity index (χ3n) is 4.79. The quantitative estimate of drug-likeness (QED) is 0.471. The van der Waals surface area contributed by atoms with Crippen LogP contribution in [0.2, 0.25) is 0 Å². The molecule has 0 aliphatic carbocycles. The van der Waals surface area contributed by atoms with Crippen LogP contribution in [0.15, 0.2) is 58.7 Å². The van der Waals surface area contributed by atoms with Gasteiger partial charge in [0.05, 0.1) is 18.0 Å². The van der Waals surface area contributed by atoms with Gasteiger partial charge in [-0.1, -0.05) is 85.6 Å². The van der Waals surface area contributed by atoms with Crippen LogP contribution < -0.4 is 0 Å². The van der Waals surface area contributed by atoms with Crippen molar-refractivity contribution in [2.75, 3.05) is 0 Å². The van der Waals surface area contributed by atoms with E-state index in [1.165, 1.54) is 11.1 Å². The maximum atomic E-state index is 12.9. The van der Waals surface area contributed by atoms with Gasteiger partial charge in [0.15, 0.2) is 5.17 Å². The first kappa shape index (κ1) is 20.3. The molecule has 2 aromatic rings. The summed E-state index contributed by atoms with van der Waals surface area (Å²) in [5.74, 6) is 0.141. The van der Waals surface area contributed by atoms with Gasteiger partial charge in [-0.15, -0.1) is 5.10 Å². The van der Waals surface area contributed by atoms with E-state index in [1.807, 2.05) is 36.4 Å². The Labute approximate surface area is 171 Å². The van der Waals surface area contributed by atoms with Crippen LogP contribution in [0, 0.1) is 13.8 Å². The summed E-state index contributed by atoms with van der Waals surface area (Å²) in [6.45, 7) is 6.83. The molecule has 1 aliphatic heterocycles. The zero-order valence-electron chi connectivity index (χ0n) is 16.8. The van der Waals surface area contributed by atoms with E-state index < -0.39 is 0 Å². The van der Waals surface area contributed by atoms with Crippen LogP contribution in [0.5, 0.6) is 0 Å². The fourth-order valence-corrected chi connectivity index (χ4v) is 4.32. The summed E-state index contributed by atoms with van der Waals surface area (Å²) < 4.78 is 0. The number of hydrogen-bond acceptors (Lipinski definition) is 4. The molecule has 146 valence electrons. The number of amides is 1. The number of carbonyl (C=O) groups is 1. The molecule has 0 N–H and O–H groups in total. The molecule has 28 heavy (non-hydrogen) atoms. The van der Waals surface area contributed by atoms with Gasteiger partial charge in [0.25, 0.3) is 0 Å². The second-order valence-corrected chi connectivity index (χ2v) is 8.32. The van der Waals surface area contributed by atoms with Gasteiger partial charge in [-0.3, -0.25) is 9.69 Å². The summed E-state index contributed by atoms with van der Waals surface area (Å²) in [6.07, 6.45) is 4.78. The van der Waals surface area contributed by atoms with Crippen LogP contribution in [0.4, 0.5) is 0 Å². The number of unbranched alkanes of at least 4 members (excludes halogenated alkanes) is 1. The average Bonchev–Trinajstić information content (AvgIpc) is 2.98. The predicted octanol–water partition coefficient (Wildman–Crippen LogP) is 5.33. The molecule has 1 heterocycles. The Morgan fingerprint density at radius 2 is 1.93 bits per heavy atom. The number of amidine groups is 1. The zero-order valence-corrected chi connectivity index (χ0v) is 17.6. The van der Waals surface area contributed by atoms with E-state index in [0.717, 1.165) is 30.4 Å². The highest BCUT2D eigenvalue weighted by molar-refractivity contribution is 8.15. The van der Waals surface area contributed by atoms with Gasteiger partial charge in [0.2, 0.25) is 5.91 Å². The van der Waals surface area contributed by atoms with Gasteiger partial charge in [0.1, 0.15) is 0 Å². The fraction of sp³-hybridized carbons (Fsp3) is 0.348. The second-order valence-electron chi connectivity index (χ2n) is 7.15. The van der Waals surface area contributed by atoms with Crippen molar-refractivity contribution >= 4 is 29.1 Å². The van der Waals surface area contributed by atoms with Crippen molar-refractivity contribution in [2.24, 2.45) is 10.2 Å². The van der Waals surface area contributed by atoms with E-state index in [0.29, 0.717) is 11.7 Å². The second kappa shape index (κ2) is 9.69. The van der Waals surface area contributed by atoms with E-state index >= 15 is 0 Å². The standard InChI is InChI=1S/C23H27N3OS/c1-4-5-11-21-22(27)26(16-19-9-7-6-8-10-19)23(28-21)25-24-15-20-13-12-17(2)14-18(20)3/h6-10,12-15,21H,4-5,11,16H2,1-3H3. The molecule has 2 aromatic carbocycles. The third kappa shape index (κ3) is 5.10. The molecule has 1 atom stereocenters. The smallest absolute Gasteiger partial charge is 0.242 e. The summed E-state index contributed by atoms with van der Waals surface area (Å²) in [5.41, 5.74) is 4.53. The highest BCUT2D eigenvalue weighted by atomic mass is 32.2. The van der Waals surface area contributed by atoms with Gasteiger partial charge < -0.3 is 0 Å². The normalized spacial score (nSPS) is 18.5. The number of benzene rings is 2. The summed E-state index contributed by atoms with van der Waals surface area (Å²) in [6, 6.07) is 16.3. The lowest BCUT2D eigenvalue weighted by atomic mass is 10.1. The molecule has 5 heteroatoms. The summed E-state index contributed by atoms with van der Waals surface area (Å²) in [4.78, 5) is 14.7. The van der Waals surface area contributed by atoms with Crippen molar-refractivity contribution in [1.29, 1.82) is 0 Å². The molecule has 1 aliphatic rings. The predicted molar refractivity (Wildman–Crippen MR) is 119 cm³/mol. The lowest BCUT2D eigenvalue weighted by molar-refractivity contribution is -0.126. The number of rotatable bonds is 7. The molecule has 1 amide bonds. The third-order valence-corrected chi connectivity index (χ3v) is 6.02. The minimum absolute atomic E-state index is 0.0567. The monoisotopic (exact) mass is 393 g/mol. The first-order valence-corrected chi connectivity index (χ1v) is 10.7. The Kier molecular flexibility index (Phi) is 7.04. The van der Waals surface area contributed by atoms with Crippen LogP contribution in [0.1, 0.15) is 48.4 Å². The molecular formula is C23H27N3OS. The molecule has 1 unspecified atom stereocenters.